The first-order chi connectivity index (χ1) is 44.5. The fourth-order valence-electron chi connectivity index (χ4n) is 7.41. The number of ether oxygens (including phenoxy) is 22. The van der Waals surface area contributed by atoms with Gasteiger partial charge in [0.15, 0.2) is 0 Å². The van der Waals surface area contributed by atoms with Gasteiger partial charge in [-0.3, -0.25) is 0 Å². The maximum Gasteiger partial charge on any atom is 0.564 e. The van der Waals surface area contributed by atoms with Crippen LogP contribution in [0.15, 0.2) is 24.3 Å². The zero-order chi connectivity index (χ0) is 64.5. The topological polar surface area (TPSA) is 285 Å². The fourth-order valence-corrected chi connectivity index (χ4v) is 7.74. The summed E-state index contributed by atoms with van der Waals surface area (Å²) < 4.78 is 151. The van der Waals surface area contributed by atoms with Crippen LogP contribution in [0.2, 0.25) is 0 Å². The van der Waals surface area contributed by atoms with Gasteiger partial charge in [0.2, 0.25) is 0 Å². The average molecular weight is 1320 g/mol. The van der Waals surface area contributed by atoms with Gasteiger partial charge in [-0.15, -0.1) is 4.18 Å². The predicted octanol–water partition coefficient (Wildman–Crippen LogP) is 5.32. The number of aryl methyl sites for hydroxylation is 1. The van der Waals surface area contributed by atoms with Gasteiger partial charge in [-0.2, -0.15) is 5.90 Å². The minimum Gasteiger partial charge on any atom is -0.491 e. The zero-order valence-corrected chi connectivity index (χ0v) is 55.6. The normalized spacial score (nSPS) is 12.5. The molecule has 0 aliphatic heterocycles. The quantitative estimate of drug-likeness (QED) is 0.0490. The van der Waals surface area contributed by atoms with E-state index in [4.69, 9.17) is 104 Å². The molecule has 0 heterocycles. The molecule has 28 heteroatoms. The third-order valence-electron chi connectivity index (χ3n) is 12.0. The molecule has 0 bridgehead atoms. The van der Waals surface area contributed by atoms with E-state index < -0.39 is 10.8 Å². The fraction of sp³-hybridized carbons (Fsp3) is 0.871. The first-order valence-corrected chi connectivity index (χ1v) is 33.6. The summed E-state index contributed by atoms with van der Waals surface area (Å²) in [6.45, 7) is 23.7. The zero-order valence-electron chi connectivity index (χ0n) is 54.8. The highest BCUT2D eigenvalue weighted by molar-refractivity contribution is 7.88. The molecule has 1 atom stereocenters. The van der Waals surface area contributed by atoms with Crippen LogP contribution in [0.4, 0.5) is 0 Å². The van der Waals surface area contributed by atoms with E-state index in [1.807, 2.05) is 6.92 Å². The Labute approximate surface area is 539 Å². The molecule has 1 aromatic rings. The molecule has 0 aromatic heterocycles. The van der Waals surface area contributed by atoms with E-state index in [2.05, 4.69) is 51.6 Å². The molecule has 531 valence electrons. The van der Waals surface area contributed by atoms with Crippen molar-refractivity contribution < 1.29 is 121 Å². The van der Waals surface area contributed by atoms with Crippen LogP contribution in [0.25, 0.3) is 6.08 Å². The molecule has 0 amide bonds. The highest BCUT2D eigenvalue weighted by Crippen LogP contribution is 2.23. The van der Waals surface area contributed by atoms with Gasteiger partial charge < -0.3 is 104 Å². The standard InChI is InChI=1S/C62H117NO26S/c1-3-5-6-7-8-9-10-12-60-13-14-62(61(59-60)11-4-2)87-57-55-85-53-51-83-49-47-81-45-43-79-41-39-77-37-35-75-33-31-73-29-27-71-25-23-69-21-19-67-17-15-66-16-18-68-20-22-70-24-26-72-28-30-74-32-34-76-36-38-78-40-42-80-44-46-82-48-50-84-52-54-86-56-58-88-90(64,65)89-63/h4,11,13-14,59H,3,5-10,12,15-58,63H2,1-2H3/q+1/b11-4+. The third-order valence-corrected chi connectivity index (χ3v) is 12.7. The van der Waals surface area contributed by atoms with Crippen LogP contribution in [0, 0.1) is 0 Å². The van der Waals surface area contributed by atoms with Gasteiger partial charge in [-0.05, 0) is 41.7 Å². The summed E-state index contributed by atoms with van der Waals surface area (Å²) in [5, 5.41) is 0. The van der Waals surface area contributed by atoms with Gasteiger partial charge in [-0.25, -0.2) is 0 Å². The van der Waals surface area contributed by atoms with Crippen molar-refractivity contribution in [1.29, 1.82) is 0 Å². The summed E-state index contributed by atoms with van der Waals surface area (Å²) >= 11 is 0. The Morgan fingerprint density at radius 1 is 0.333 bits per heavy atom. The molecular formula is C62H117NO26S+. The van der Waals surface area contributed by atoms with E-state index >= 15 is 0 Å². The van der Waals surface area contributed by atoms with Crippen molar-refractivity contribution in [1.82, 2.24) is 0 Å². The van der Waals surface area contributed by atoms with Crippen molar-refractivity contribution in [3.05, 3.63) is 35.4 Å². The Hall–Kier alpha value is -2.09. The highest BCUT2D eigenvalue weighted by Gasteiger charge is 2.32. The molecule has 0 spiro atoms. The smallest absolute Gasteiger partial charge is 0.491 e. The van der Waals surface area contributed by atoms with Crippen LogP contribution >= 0.6 is 0 Å². The molecule has 1 radical (unpaired) electrons. The Kier molecular flexibility index (Phi) is 69.4. The van der Waals surface area contributed by atoms with Gasteiger partial charge >= 0.3 is 10.8 Å². The van der Waals surface area contributed by atoms with Gasteiger partial charge in [0, 0.05) is 9.77 Å². The second-order valence-electron chi connectivity index (χ2n) is 19.3. The second-order valence-corrected chi connectivity index (χ2v) is 20.5. The number of rotatable bonds is 78. The van der Waals surface area contributed by atoms with Crippen molar-refractivity contribution in [3.8, 4) is 5.75 Å². The van der Waals surface area contributed by atoms with E-state index in [1.54, 1.807) is 0 Å². The van der Waals surface area contributed by atoms with Crippen molar-refractivity contribution in [3.63, 3.8) is 0 Å². The van der Waals surface area contributed by atoms with E-state index in [1.165, 1.54) is 50.5 Å². The summed E-state index contributed by atoms with van der Waals surface area (Å²) in [6, 6.07) is 6.53. The maximum absolute atomic E-state index is 10.9. The van der Waals surface area contributed by atoms with Crippen LogP contribution < -0.4 is 10.6 Å². The summed E-state index contributed by atoms with van der Waals surface area (Å²) in [6.07, 6.45) is 14.5. The monoisotopic (exact) mass is 1320 g/mol. The Morgan fingerprint density at radius 3 is 0.811 bits per heavy atom. The van der Waals surface area contributed by atoms with E-state index in [9.17, 15) is 8.76 Å². The Bertz CT molecular complexity index is 1650. The minimum atomic E-state index is -4.16. The van der Waals surface area contributed by atoms with Crippen LogP contribution in [-0.2, 0) is 134 Å². The SMILES string of the molecule is C/C=C/c1cc(CCCCCCCCC)ccc1OCCOCCOCCOCCOCCOCCOCCOCCOCCOCCOCCOCCOCCOCCOCCOCCOCCOCCOCCOCCOCCOCCO[S+]([O])(=O)ON. The van der Waals surface area contributed by atoms with Gasteiger partial charge in [0.1, 0.15) is 23.5 Å². The van der Waals surface area contributed by atoms with Crippen molar-refractivity contribution >= 4 is 16.9 Å². The maximum atomic E-state index is 10.9. The number of allylic oxidation sites excluding steroid dienone is 1. The summed E-state index contributed by atoms with van der Waals surface area (Å²) in [5.74, 6) is 5.43. The van der Waals surface area contributed by atoms with Gasteiger partial charge in [0.05, 0.1) is 277 Å². The molecule has 1 aromatic carbocycles. The van der Waals surface area contributed by atoms with Crippen molar-refractivity contribution in [2.24, 2.45) is 5.90 Å². The highest BCUT2D eigenvalue weighted by atomic mass is 32.3. The molecule has 2 N–H and O–H groups in total. The molecule has 0 saturated heterocycles. The van der Waals surface area contributed by atoms with Crippen molar-refractivity contribution in [2.45, 2.75) is 65.2 Å². The Balaban J connectivity index is 1.65. The van der Waals surface area contributed by atoms with E-state index in [-0.39, 0.29) is 19.8 Å². The first-order valence-electron chi connectivity index (χ1n) is 32.3. The van der Waals surface area contributed by atoms with Crippen LogP contribution in [0.5, 0.6) is 5.75 Å². The van der Waals surface area contributed by atoms with E-state index in [0.29, 0.717) is 271 Å². The lowest BCUT2D eigenvalue weighted by atomic mass is 10.0. The lowest BCUT2D eigenvalue weighted by Gasteiger charge is -2.12. The predicted molar refractivity (Wildman–Crippen MR) is 336 cm³/mol. The Morgan fingerprint density at radius 2 is 0.567 bits per heavy atom. The molecule has 27 nitrogen and oxygen atoms in total. The first kappa shape index (κ1) is 85.9. The lowest BCUT2D eigenvalue weighted by Crippen LogP contribution is -2.22. The summed E-state index contributed by atoms with van der Waals surface area (Å²) in [7, 11) is -4.16. The summed E-state index contributed by atoms with van der Waals surface area (Å²) in [5.41, 5.74) is 2.49. The van der Waals surface area contributed by atoms with Crippen LogP contribution in [0.3, 0.4) is 0 Å². The van der Waals surface area contributed by atoms with Crippen LogP contribution in [-0.4, -0.2) is 291 Å². The number of unbranched alkanes of at least 4 members (excludes halogenated alkanes) is 6. The molecular weight excluding hydrogens is 1210 g/mol. The summed E-state index contributed by atoms with van der Waals surface area (Å²) in [4.78, 5) is 0. The van der Waals surface area contributed by atoms with Gasteiger partial charge in [0.25, 0.3) is 0 Å². The number of benzene rings is 1. The number of hydrogen-bond acceptors (Lipinski definition) is 26. The minimum absolute atomic E-state index is 0.0531. The number of nitrogens with two attached hydrogens (primary N) is 1. The molecule has 0 aliphatic carbocycles. The molecule has 0 fully saturated rings. The van der Waals surface area contributed by atoms with E-state index in [0.717, 1.165) is 17.7 Å². The second kappa shape index (κ2) is 72.7. The average Bonchev–Trinajstić information content (AvgIpc) is 1.55. The molecule has 0 saturated carbocycles. The molecule has 90 heavy (non-hydrogen) atoms. The largest absolute Gasteiger partial charge is 0.564 e. The lowest BCUT2D eigenvalue weighted by molar-refractivity contribution is -0.0317. The molecule has 1 rings (SSSR count). The van der Waals surface area contributed by atoms with Gasteiger partial charge in [-0.1, -0.05) is 63.7 Å². The third kappa shape index (κ3) is 66.0. The van der Waals surface area contributed by atoms with Crippen LogP contribution in [0.1, 0.15) is 69.9 Å². The molecule has 1 unspecified atom stereocenters. The molecule has 0 aliphatic rings. The number of hydrogen-bond donors (Lipinski definition) is 1. The van der Waals surface area contributed by atoms with Crippen molar-refractivity contribution in [2.75, 3.05) is 291 Å².